The first-order valence-electron chi connectivity index (χ1n) is 4.73. The van der Waals surface area contributed by atoms with E-state index < -0.39 is 0 Å². The number of benzene rings is 1. The van der Waals surface area contributed by atoms with Crippen LogP contribution >= 0.6 is 0 Å². The Hall–Kier alpha value is -2.34. The summed E-state index contributed by atoms with van der Waals surface area (Å²) in [7, 11) is 1.32. The van der Waals surface area contributed by atoms with Crippen molar-refractivity contribution < 1.29 is 4.79 Å². The van der Waals surface area contributed by atoms with Crippen molar-refractivity contribution >= 4 is 29.4 Å². The molecular weight excluding hydrogens is 220 g/mol. The standard InChI is InChI=1S/C11H13N4O2/c1-7(5-14-13)11-8(6-16)3-9(15(2)17)4-10(11)12/h3-6H,1,12-13H2,2H3/q-1/b14-5-. The fourth-order valence-electron chi connectivity index (χ4n) is 1.47. The van der Waals surface area contributed by atoms with Crippen LogP contribution in [0.5, 0.6) is 0 Å². The summed E-state index contributed by atoms with van der Waals surface area (Å²) in [5, 5.41) is 15.1. The molecule has 1 aromatic carbocycles. The lowest BCUT2D eigenvalue weighted by molar-refractivity contribution is 0.112. The molecule has 17 heavy (non-hydrogen) atoms. The minimum absolute atomic E-state index is 0.271. The Labute approximate surface area is 98.8 Å². The molecule has 0 amide bonds. The van der Waals surface area contributed by atoms with Crippen molar-refractivity contribution in [2.24, 2.45) is 10.9 Å². The molecule has 0 saturated heterocycles. The van der Waals surface area contributed by atoms with Gasteiger partial charge in [-0.3, -0.25) is 4.79 Å². The Balaban J connectivity index is 3.40. The quantitative estimate of drug-likeness (QED) is 0.265. The number of aldehydes is 1. The third-order valence-electron chi connectivity index (χ3n) is 2.23. The molecule has 1 rings (SSSR count). The number of nitrogens with two attached hydrogens (primary N) is 2. The average molecular weight is 233 g/mol. The third-order valence-corrected chi connectivity index (χ3v) is 2.23. The molecule has 0 atom stereocenters. The van der Waals surface area contributed by atoms with Crippen LogP contribution in [0.25, 0.3) is 5.57 Å². The summed E-state index contributed by atoms with van der Waals surface area (Å²) < 4.78 is 0. The molecule has 0 radical (unpaired) electrons. The Kier molecular flexibility index (Phi) is 3.84. The van der Waals surface area contributed by atoms with Gasteiger partial charge in [0.05, 0.1) is 6.21 Å². The number of carbonyl (C=O) groups is 1. The second-order valence-electron chi connectivity index (χ2n) is 3.42. The number of allylic oxidation sites excluding steroid dienone is 1. The van der Waals surface area contributed by atoms with Gasteiger partial charge in [0, 0.05) is 22.5 Å². The minimum atomic E-state index is 0.271. The highest BCUT2D eigenvalue weighted by molar-refractivity contribution is 6.13. The monoisotopic (exact) mass is 233 g/mol. The summed E-state index contributed by atoms with van der Waals surface area (Å²) in [5.41, 5.74) is 7.46. The number of nitrogen functional groups attached to an aromatic ring is 1. The predicted molar refractivity (Wildman–Crippen MR) is 69.7 cm³/mol. The highest BCUT2D eigenvalue weighted by Gasteiger charge is 2.10. The number of carbonyl (C=O) groups excluding carboxylic acids is 1. The van der Waals surface area contributed by atoms with Crippen LogP contribution in [0.15, 0.2) is 23.8 Å². The van der Waals surface area contributed by atoms with Crippen LogP contribution < -0.4 is 16.6 Å². The first-order chi connectivity index (χ1) is 8.01. The van der Waals surface area contributed by atoms with E-state index in [9.17, 15) is 10.0 Å². The molecule has 0 aliphatic heterocycles. The first-order valence-corrected chi connectivity index (χ1v) is 4.73. The zero-order valence-corrected chi connectivity index (χ0v) is 9.38. The molecule has 0 aliphatic carbocycles. The van der Waals surface area contributed by atoms with Gasteiger partial charge >= 0.3 is 0 Å². The number of rotatable bonds is 4. The smallest absolute Gasteiger partial charge is 0.150 e. The lowest BCUT2D eigenvalue weighted by atomic mass is 9.99. The lowest BCUT2D eigenvalue weighted by Crippen LogP contribution is -2.09. The average Bonchev–Trinajstić information content (AvgIpc) is 2.27. The molecule has 0 heterocycles. The molecule has 0 bridgehead atoms. The van der Waals surface area contributed by atoms with Gasteiger partial charge in [-0.25, -0.2) is 0 Å². The van der Waals surface area contributed by atoms with Gasteiger partial charge in [-0.15, -0.1) is 0 Å². The highest BCUT2D eigenvalue weighted by Crippen LogP contribution is 2.28. The Morgan fingerprint density at radius 1 is 1.59 bits per heavy atom. The van der Waals surface area contributed by atoms with Crippen LogP contribution in [0, 0.1) is 5.21 Å². The maximum Gasteiger partial charge on any atom is 0.150 e. The van der Waals surface area contributed by atoms with Crippen molar-refractivity contribution in [3.8, 4) is 0 Å². The summed E-state index contributed by atoms with van der Waals surface area (Å²) >= 11 is 0. The van der Waals surface area contributed by atoms with Crippen LogP contribution in [0.3, 0.4) is 0 Å². The molecule has 0 unspecified atom stereocenters. The molecular formula is C11H13N4O2-. The second-order valence-corrected chi connectivity index (χ2v) is 3.42. The number of anilines is 2. The maximum absolute atomic E-state index is 11.1. The van der Waals surface area contributed by atoms with Crippen LogP contribution in [0.4, 0.5) is 11.4 Å². The van der Waals surface area contributed by atoms with Gasteiger partial charge in [0.2, 0.25) is 0 Å². The molecule has 90 valence electrons. The largest absolute Gasteiger partial charge is 0.758 e. The molecule has 1 aromatic rings. The first kappa shape index (κ1) is 12.7. The number of hydrogen-bond donors (Lipinski definition) is 2. The normalized spacial score (nSPS) is 10.5. The van der Waals surface area contributed by atoms with Crippen molar-refractivity contribution in [3.63, 3.8) is 0 Å². The number of nitrogens with zero attached hydrogens (tertiary/aromatic N) is 2. The lowest BCUT2D eigenvalue weighted by Gasteiger charge is -2.26. The summed E-state index contributed by atoms with van der Waals surface area (Å²) in [6, 6.07) is 2.89. The van der Waals surface area contributed by atoms with Crippen LogP contribution in [0.1, 0.15) is 15.9 Å². The van der Waals surface area contributed by atoms with Gasteiger partial charge in [0.25, 0.3) is 0 Å². The number of hydrogen-bond acceptors (Lipinski definition) is 6. The van der Waals surface area contributed by atoms with Crippen molar-refractivity contribution in [3.05, 3.63) is 35.0 Å². The SMILES string of the molecule is C=C(/C=N\N)c1c(N)cc(N(C)[O-])cc1C=O. The van der Waals surface area contributed by atoms with E-state index in [-0.39, 0.29) is 11.3 Å². The van der Waals surface area contributed by atoms with Crippen LogP contribution in [-0.4, -0.2) is 19.5 Å². The van der Waals surface area contributed by atoms with E-state index in [1.54, 1.807) is 0 Å². The van der Waals surface area contributed by atoms with Gasteiger partial charge in [-0.2, -0.15) is 5.10 Å². The van der Waals surface area contributed by atoms with Gasteiger partial charge < -0.3 is 21.8 Å². The van der Waals surface area contributed by atoms with Gasteiger partial charge in [-0.05, 0) is 24.8 Å². The fraction of sp³-hybridized carbons (Fsp3) is 0.0909. The number of hydrazone groups is 1. The predicted octanol–water partition coefficient (Wildman–Crippen LogP) is 0.973. The molecule has 0 saturated carbocycles. The maximum atomic E-state index is 11.1. The molecule has 6 heteroatoms. The van der Waals surface area contributed by atoms with Crippen molar-refractivity contribution in [1.29, 1.82) is 0 Å². The van der Waals surface area contributed by atoms with Crippen molar-refractivity contribution in [2.75, 3.05) is 17.8 Å². The topological polar surface area (TPSA) is 108 Å². The van der Waals surface area contributed by atoms with E-state index in [4.69, 9.17) is 11.6 Å². The van der Waals surface area contributed by atoms with Gasteiger partial charge in [0.15, 0.2) is 6.29 Å². The second kappa shape index (κ2) is 5.13. The molecule has 0 aliphatic rings. The Morgan fingerprint density at radius 2 is 2.24 bits per heavy atom. The summed E-state index contributed by atoms with van der Waals surface area (Å²) in [4.78, 5) is 11.0. The molecule has 0 spiro atoms. The molecule has 6 nitrogen and oxygen atoms in total. The number of hydroxylamine groups is 1. The van der Waals surface area contributed by atoms with Crippen LogP contribution in [0.2, 0.25) is 0 Å². The van der Waals surface area contributed by atoms with Crippen LogP contribution in [-0.2, 0) is 0 Å². The summed E-state index contributed by atoms with van der Waals surface area (Å²) in [6.45, 7) is 3.70. The summed E-state index contributed by atoms with van der Waals surface area (Å²) in [5.74, 6) is 5.01. The fourth-order valence-corrected chi connectivity index (χ4v) is 1.47. The van der Waals surface area contributed by atoms with E-state index in [2.05, 4.69) is 11.7 Å². The molecule has 4 N–H and O–H groups in total. The van der Waals surface area contributed by atoms with Gasteiger partial charge in [-0.1, -0.05) is 6.58 Å². The zero-order chi connectivity index (χ0) is 13.0. The Bertz CT molecular complexity index is 481. The Morgan fingerprint density at radius 3 is 2.71 bits per heavy atom. The van der Waals surface area contributed by atoms with E-state index in [0.29, 0.717) is 28.2 Å². The van der Waals surface area contributed by atoms with Gasteiger partial charge in [0.1, 0.15) is 0 Å². The van der Waals surface area contributed by atoms with E-state index in [1.165, 1.54) is 25.4 Å². The van der Waals surface area contributed by atoms with Crippen molar-refractivity contribution in [1.82, 2.24) is 0 Å². The van der Waals surface area contributed by atoms with Crippen molar-refractivity contribution in [2.45, 2.75) is 0 Å². The molecule has 0 fully saturated rings. The molecule has 0 aromatic heterocycles. The minimum Gasteiger partial charge on any atom is -0.758 e. The zero-order valence-electron chi connectivity index (χ0n) is 9.38. The summed E-state index contributed by atoms with van der Waals surface area (Å²) in [6.07, 6.45) is 1.90. The highest BCUT2D eigenvalue weighted by atomic mass is 16.5. The van der Waals surface area contributed by atoms with E-state index in [0.717, 1.165) is 0 Å². The van der Waals surface area contributed by atoms with E-state index in [1.807, 2.05) is 0 Å². The third kappa shape index (κ3) is 2.61. The van der Waals surface area contributed by atoms with E-state index >= 15 is 0 Å².